The highest BCUT2D eigenvalue weighted by Crippen LogP contribution is 2.17. The molecule has 1 N–H and O–H groups in total. The minimum absolute atomic E-state index is 0.210. The third kappa shape index (κ3) is 2.30. The topological polar surface area (TPSA) is 46.4 Å². The summed E-state index contributed by atoms with van der Waals surface area (Å²) in [6, 6.07) is 10.5. The SMILES string of the molecule is O=C(Nc1cccn2ccnc12)c1cccc(Cl)c1. The van der Waals surface area contributed by atoms with Gasteiger partial charge in [-0.3, -0.25) is 4.79 Å². The molecule has 0 aliphatic rings. The van der Waals surface area contributed by atoms with Gasteiger partial charge in [-0.15, -0.1) is 0 Å². The van der Waals surface area contributed by atoms with E-state index in [-0.39, 0.29) is 5.91 Å². The number of carbonyl (C=O) groups excluding carboxylic acids is 1. The maximum atomic E-state index is 12.1. The summed E-state index contributed by atoms with van der Waals surface area (Å²) in [4.78, 5) is 16.3. The number of rotatable bonds is 2. The molecule has 94 valence electrons. The number of benzene rings is 1. The minimum Gasteiger partial charge on any atom is -0.319 e. The number of imidazole rings is 1. The molecule has 4 nitrogen and oxygen atoms in total. The molecule has 0 atom stereocenters. The third-order valence-electron chi connectivity index (χ3n) is 2.75. The van der Waals surface area contributed by atoms with Crippen LogP contribution in [0.2, 0.25) is 5.02 Å². The van der Waals surface area contributed by atoms with E-state index in [0.29, 0.717) is 21.9 Å². The number of hydrogen-bond acceptors (Lipinski definition) is 2. The lowest BCUT2D eigenvalue weighted by molar-refractivity contribution is 0.102. The average molecular weight is 272 g/mol. The van der Waals surface area contributed by atoms with Crippen LogP contribution < -0.4 is 5.32 Å². The van der Waals surface area contributed by atoms with Gasteiger partial charge in [0.25, 0.3) is 5.91 Å². The summed E-state index contributed by atoms with van der Waals surface area (Å²) in [6.45, 7) is 0. The van der Waals surface area contributed by atoms with E-state index in [1.54, 1.807) is 30.5 Å². The van der Waals surface area contributed by atoms with E-state index in [9.17, 15) is 4.79 Å². The van der Waals surface area contributed by atoms with Gasteiger partial charge >= 0.3 is 0 Å². The molecule has 0 bridgehead atoms. The molecule has 0 unspecified atom stereocenters. The Hall–Kier alpha value is -2.33. The molecule has 5 heteroatoms. The zero-order chi connectivity index (χ0) is 13.2. The highest BCUT2D eigenvalue weighted by Gasteiger charge is 2.09. The quantitative estimate of drug-likeness (QED) is 0.778. The predicted molar refractivity (Wildman–Crippen MR) is 74.6 cm³/mol. The zero-order valence-corrected chi connectivity index (χ0v) is 10.6. The fourth-order valence-corrected chi connectivity index (χ4v) is 2.06. The van der Waals surface area contributed by atoms with Gasteiger partial charge in [0.2, 0.25) is 0 Å². The van der Waals surface area contributed by atoms with E-state index in [1.807, 2.05) is 28.9 Å². The molecule has 0 radical (unpaired) electrons. The lowest BCUT2D eigenvalue weighted by Gasteiger charge is -2.06. The van der Waals surface area contributed by atoms with Crippen LogP contribution in [0.4, 0.5) is 5.69 Å². The highest BCUT2D eigenvalue weighted by molar-refractivity contribution is 6.31. The van der Waals surface area contributed by atoms with Crippen molar-refractivity contribution in [3.8, 4) is 0 Å². The number of nitrogens with zero attached hydrogens (tertiary/aromatic N) is 2. The number of carbonyl (C=O) groups is 1. The molecule has 3 rings (SSSR count). The first-order valence-corrected chi connectivity index (χ1v) is 6.10. The van der Waals surface area contributed by atoms with E-state index in [1.165, 1.54) is 0 Å². The molecule has 1 amide bonds. The van der Waals surface area contributed by atoms with Crippen LogP contribution in [0.3, 0.4) is 0 Å². The molecule has 0 saturated heterocycles. The molecule has 0 aliphatic heterocycles. The Balaban J connectivity index is 1.93. The summed E-state index contributed by atoms with van der Waals surface area (Å²) in [5, 5.41) is 3.37. The zero-order valence-electron chi connectivity index (χ0n) is 9.88. The summed E-state index contributed by atoms with van der Waals surface area (Å²) >= 11 is 5.87. The summed E-state index contributed by atoms with van der Waals surface area (Å²) < 4.78 is 1.84. The smallest absolute Gasteiger partial charge is 0.255 e. The number of aromatic nitrogens is 2. The summed E-state index contributed by atoms with van der Waals surface area (Å²) in [7, 11) is 0. The van der Waals surface area contributed by atoms with Crippen molar-refractivity contribution in [2.45, 2.75) is 0 Å². The Morgan fingerprint density at radius 2 is 2.11 bits per heavy atom. The predicted octanol–water partition coefficient (Wildman–Crippen LogP) is 3.24. The first kappa shape index (κ1) is 11.7. The van der Waals surface area contributed by atoms with Gasteiger partial charge in [-0.1, -0.05) is 17.7 Å². The molecule has 0 fully saturated rings. The maximum Gasteiger partial charge on any atom is 0.255 e. The van der Waals surface area contributed by atoms with Gasteiger partial charge in [0.05, 0.1) is 5.69 Å². The lowest BCUT2D eigenvalue weighted by atomic mass is 10.2. The first-order valence-electron chi connectivity index (χ1n) is 5.72. The van der Waals surface area contributed by atoms with Crippen molar-refractivity contribution in [1.82, 2.24) is 9.38 Å². The van der Waals surface area contributed by atoms with E-state index in [4.69, 9.17) is 11.6 Å². The Morgan fingerprint density at radius 3 is 2.95 bits per heavy atom. The fourth-order valence-electron chi connectivity index (χ4n) is 1.87. The number of halogens is 1. The number of fused-ring (bicyclic) bond motifs is 1. The number of amides is 1. The van der Waals surface area contributed by atoms with Crippen LogP contribution in [0.5, 0.6) is 0 Å². The van der Waals surface area contributed by atoms with Crippen molar-refractivity contribution in [3.05, 3.63) is 65.6 Å². The van der Waals surface area contributed by atoms with Crippen molar-refractivity contribution in [2.75, 3.05) is 5.32 Å². The normalized spacial score (nSPS) is 10.6. The molecular weight excluding hydrogens is 262 g/mol. The number of pyridine rings is 1. The average Bonchev–Trinajstić information content (AvgIpc) is 2.88. The maximum absolute atomic E-state index is 12.1. The Kier molecular flexibility index (Phi) is 2.93. The van der Waals surface area contributed by atoms with Crippen LogP contribution in [-0.4, -0.2) is 15.3 Å². The second kappa shape index (κ2) is 4.74. The first-order chi connectivity index (χ1) is 9.24. The van der Waals surface area contributed by atoms with Crippen molar-refractivity contribution < 1.29 is 4.79 Å². The van der Waals surface area contributed by atoms with Crippen molar-refractivity contribution in [1.29, 1.82) is 0 Å². The second-order valence-corrected chi connectivity index (χ2v) is 4.48. The lowest BCUT2D eigenvalue weighted by Crippen LogP contribution is -2.12. The van der Waals surface area contributed by atoms with Crippen molar-refractivity contribution >= 4 is 28.8 Å². The largest absolute Gasteiger partial charge is 0.319 e. The van der Waals surface area contributed by atoms with Crippen LogP contribution in [-0.2, 0) is 0 Å². The van der Waals surface area contributed by atoms with E-state index in [2.05, 4.69) is 10.3 Å². The van der Waals surface area contributed by atoms with Gasteiger partial charge in [-0.2, -0.15) is 0 Å². The van der Waals surface area contributed by atoms with Crippen LogP contribution >= 0.6 is 11.6 Å². The molecule has 0 saturated carbocycles. The van der Waals surface area contributed by atoms with Crippen LogP contribution in [0.25, 0.3) is 5.65 Å². The third-order valence-corrected chi connectivity index (χ3v) is 2.99. The molecule has 0 spiro atoms. The molecule has 0 aliphatic carbocycles. The number of anilines is 1. The highest BCUT2D eigenvalue weighted by atomic mass is 35.5. The van der Waals surface area contributed by atoms with Crippen LogP contribution in [0.1, 0.15) is 10.4 Å². The monoisotopic (exact) mass is 271 g/mol. The van der Waals surface area contributed by atoms with Gasteiger partial charge in [0, 0.05) is 29.2 Å². The molecule has 2 aromatic heterocycles. The van der Waals surface area contributed by atoms with Crippen molar-refractivity contribution in [3.63, 3.8) is 0 Å². The van der Waals surface area contributed by atoms with E-state index in [0.717, 1.165) is 0 Å². The molecule has 2 heterocycles. The molecule has 1 aromatic carbocycles. The molecular formula is C14H10ClN3O. The van der Waals surface area contributed by atoms with Crippen molar-refractivity contribution in [2.24, 2.45) is 0 Å². The van der Waals surface area contributed by atoms with E-state index >= 15 is 0 Å². The van der Waals surface area contributed by atoms with E-state index < -0.39 is 0 Å². The molecule has 19 heavy (non-hydrogen) atoms. The van der Waals surface area contributed by atoms with Gasteiger partial charge in [0.1, 0.15) is 0 Å². The number of hydrogen-bond donors (Lipinski definition) is 1. The van der Waals surface area contributed by atoms with Gasteiger partial charge < -0.3 is 9.72 Å². The standard InChI is InChI=1S/C14H10ClN3O/c15-11-4-1-3-10(9-11)14(19)17-12-5-2-7-18-8-6-16-13(12)18/h1-9H,(H,17,19). The Morgan fingerprint density at radius 1 is 1.21 bits per heavy atom. The molecule has 3 aromatic rings. The van der Waals surface area contributed by atoms with Crippen LogP contribution in [0.15, 0.2) is 55.0 Å². The second-order valence-electron chi connectivity index (χ2n) is 4.04. The fraction of sp³-hybridized carbons (Fsp3) is 0. The summed E-state index contributed by atoms with van der Waals surface area (Å²) in [5.74, 6) is -0.210. The van der Waals surface area contributed by atoms with Crippen LogP contribution in [0, 0.1) is 0 Å². The minimum atomic E-state index is -0.210. The Bertz CT molecular complexity index is 751. The summed E-state index contributed by atoms with van der Waals surface area (Å²) in [5.41, 5.74) is 1.89. The van der Waals surface area contributed by atoms with Gasteiger partial charge in [-0.25, -0.2) is 4.98 Å². The summed E-state index contributed by atoms with van der Waals surface area (Å²) in [6.07, 6.45) is 5.38. The van der Waals surface area contributed by atoms with Gasteiger partial charge in [0.15, 0.2) is 5.65 Å². The van der Waals surface area contributed by atoms with Gasteiger partial charge in [-0.05, 0) is 30.3 Å². The number of nitrogens with one attached hydrogen (secondary N) is 1. The Labute approximate surface area is 114 Å².